The molecule has 0 atom stereocenters. The molecule has 1 aromatic carbocycles. The molecule has 25 heavy (non-hydrogen) atoms. The first-order valence-electron chi connectivity index (χ1n) is 8.25. The van der Waals surface area contributed by atoms with Crippen molar-refractivity contribution in [2.45, 2.75) is 27.2 Å². The van der Waals surface area contributed by atoms with Gasteiger partial charge in [0, 0.05) is 17.6 Å². The molecule has 1 saturated heterocycles. The highest BCUT2D eigenvalue weighted by Crippen LogP contribution is 2.19. The highest BCUT2D eigenvalue weighted by atomic mass is 16.2. The molecule has 3 rings (SSSR count). The monoisotopic (exact) mass is 328 g/mol. The first-order valence-corrected chi connectivity index (χ1v) is 8.25. The summed E-state index contributed by atoms with van der Waals surface area (Å²) in [4.78, 5) is 16.7. The number of amidine groups is 1. The zero-order valence-electron chi connectivity index (χ0n) is 14.7. The van der Waals surface area contributed by atoms with E-state index >= 15 is 0 Å². The molecule has 124 valence electrons. The number of hydrogen-bond acceptors (Lipinski definition) is 2. The number of hydrogen-bond donors (Lipinski definition) is 1. The summed E-state index contributed by atoms with van der Waals surface area (Å²) < 4.78 is 0. The van der Waals surface area contributed by atoms with Crippen LogP contribution in [0.15, 0.2) is 86.9 Å². The van der Waals surface area contributed by atoms with Crippen LogP contribution in [0.2, 0.25) is 0 Å². The largest absolute Gasteiger partial charge is 0.310 e. The Morgan fingerprint density at radius 2 is 1.96 bits per heavy atom. The summed E-state index contributed by atoms with van der Waals surface area (Å²) in [5.41, 5.74) is 11.8. The lowest BCUT2D eigenvalue weighted by Gasteiger charge is -2.02. The summed E-state index contributed by atoms with van der Waals surface area (Å²) in [5.74, 6) is 0.559. The van der Waals surface area contributed by atoms with E-state index in [1.165, 1.54) is 0 Å². The molecule has 1 fully saturated rings. The van der Waals surface area contributed by atoms with Gasteiger partial charge in [0.05, 0.1) is 0 Å². The van der Waals surface area contributed by atoms with Crippen molar-refractivity contribution < 1.29 is 4.79 Å². The lowest BCUT2D eigenvalue weighted by molar-refractivity contribution is -0.115. The van der Waals surface area contributed by atoms with Gasteiger partial charge >= 0.3 is 0 Å². The molecule has 1 amide bonds. The van der Waals surface area contributed by atoms with Crippen LogP contribution in [0.4, 0.5) is 0 Å². The van der Waals surface area contributed by atoms with Crippen molar-refractivity contribution in [3.05, 3.63) is 87.5 Å². The molecule has 1 heterocycles. The van der Waals surface area contributed by atoms with Crippen LogP contribution in [-0.2, 0) is 4.79 Å². The summed E-state index contributed by atoms with van der Waals surface area (Å²) in [7, 11) is 0. The van der Waals surface area contributed by atoms with Gasteiger partial charge in [0.25, 0.3) is 5.91 Å². The van der Waals surface area contributed by atoms with Gasteiger partial charge in [-0.15, -0.1) is 0 Å². The summed E-state index contributed by atoms with van der Waals surface area (Å²) in [6.45, 7) is 6.00. The molecule has 0 unspecified atom stereocenters. The van der Waals surface area contributed by atoms with Crippen LogP contribution < -0.4 is 5.32 Å². The van der Waals surface area contributed by atoms with Gasteiger partial charge < -0.3 is 5.32 Å². The van der Waals surface area contributed by atoms with E-state index in [9.17, 15) is 4.79 Å². The zero-order chi connectivity index (χ0) is 17.8. The van der Waals surface area contributed by atoms with Crippen LogP contribution in [0.5, 0.6) is 0 Å². The summed E-state index contributed by atoms with van der Waals surface area (Å²) in [6, 6.07) is 10.1. The second-order valence-corrected chi connectivity index (χ2v) is 6.25. The van der Waals surface area contributed by atoms with E-state index in [0.29, 0.717) is 18.0 Å². The van der Waals surface area contributed by atoms with Gasteiger partial charge in [0.1, 0.15) is 11.5 Å². The van der Waals surface area contributed by atoms with Crippen LogP contribution in [0.3, 0.4) is 0 Å². The fraction of sp³-hybridized carbons (Fsp3) is 0.182. The minimum absolute atomic E-state index is 0.0904. The quantitative estimate of drug-likeness (QED) is 0.645. The third kappa shape index (κ3) is 4.24. The number of rotatable bonds is 3. The third-order valence-corrected chi connectivity index (χ3v) is 4.08. The van der Waals surface area contributed by atoms with Crippen molar-refractivity contribution in [3.63, 3.8) is 0 Å². The van der Waals surface area contributed by atoms with Crippen molar-refractivity contribution in [1.29, 1.82) is 0 Å². The van der Waals surface area contributed by atoms with Gasteiger partial charge in [-0.2, -0.15) is 0 Å². The van der Waals surface area contributed by atoms with Gasteiger partial charge in [0.15, 0.2) is 0 Å². The van der Waals surface area contributed by atoms with Crippen molar-refractivity contribution in [2.75, 3.05) is 0 Å². The minimum atomic E-state index is -0.0904. The van der Waals surface area contributed by atoms with Crippen molar-refractivity contribution >= 4 is 17.8 Å². The smallest absolute Gasteiger partial charge is 0.252 e. The third-order valence-electron chi connectivity index (χ3n) is 4.08. The molecule has 0 saturated carbocycles. The Labute approximate surface area is 148 Å². The van der Waals surface area contributed by atoms with E-state index in [2.05, 4.69) is 27.8 Å². The Balaban J connectivity index is 1.80. The highest BCUT2D eigenvalue weighted by Gasteiger charge is 2.22. The normalized spacial score (nSPS) is 20.5. The minimum Gasteiger partial charge on any atom is -0.310 e. The number of allylic oxidation sites excluding steroid dienone is 5. The molecule has 1 N–H and O–H groups in total. The summed E-state index contributed by atoms with van der Waals surface area (Å²) in [6.07, 6.45) is 6.43. The van der Waals surface area contributed by atoms with Gasteiger partial charge in [-0.3, -0.25) is 4.79 Å². The van der Waals surface area contributed by atoms with Crippen LogP contribution in [0, 0.1) is 0 Å². The van der Waals surface area contributed by atoms with Crippen molar-refractivity contribution in [2.24, 2.45) is 4.99 Å². The lowest BCUT2D eigenvalue weighted by atomic mass is 10.1. The second-order valence-electron chi connectivity index (χ2n) is 6.25. The molecule has 0 aromatic heterocycles. The predicted molar refractivity (Wildman–Crippen MR) is 102 cm³/mol. The molecule has 0 radical (unpaired) electrons. The Hall–Kier alpha value is -3.12. The van der Waals surface area contributed by atoms with E-state index in [4.69, 9.17) is 0 Å². The molecular formula is C22H20N2O. The standard InChI is InChI=1S/C22H20N2O/c1-15(11-18-7-5-4-6-8-18)12-19-14-21(24-22(19)25)23-20-10-9-16(2)17(3)13-20/h4-8,11-13H,14H2,1-3H3,(H,23,24,25)/b15-11+,19-12+. The molecule has 3 nitrogen and oxygen atoms in total. The van der Waals surface area contributed by atoms with E-state index in [0.717, 1.165) is 27.9 Å². The number of benzene rings is 1. The fourth-order valence-corrected chi connectivity index (χ4v) is 2.64. The molecule has 3 heteroatoms. The molecule has 1 aromatic rings. The van der Waals surface area contributed by atoms with E-state index in [1.54, 1.807) is 0 Å². The van der Waals surface area contributed by atoms with E-state index in [-0.39, 0.29) is 5.91 Å². The maximum absolute atomic E-state index is 12.2. The fourth-order valence-electron chi connectivity index (χ4n) is 2.64. The van der Waals surface area contributed by atoms with Crippen LogP contribution in [0.1, 0.15) is 32.8 Å². The topological polar surface area (TPSA) is 41.5 Å². The number of nitrogens with zero attached hydrogens (tertiary/aromatic N) is 1. The highest BCUT2D eigenvalue weighted by molar-refractivity contribution is 6.15. The average molecular weight is 328 g/mol. The number of nitrogens with one attached hydrogen (secondary N) is 1. The Bertz CT molecular complexity index is 943. The molecular weight excluding hydrogens is 308 g/mol. The van der Waals surface area contributed by atoms with Gasteiger partial charge in [-0.25, -0.2) is 4.99 Å². The number of aliphatic imine (C=N–C) groups is 1. The first-order chi connectivity index (χ1) is 12.0. The second kappa shape index (κ2) is 7.19. The Kier molecular flexibility index (Phi) is 4.81. The number of amides is 1. The van der Waals surface area contributed by atoms with Crippen LogP contribution >= 0.6 is 0 Å². The lowest BCUT2D eigenvalue weighted by Crippen LogP contribution is -2.20. The number of carbonyl (C=O) groups is 1. The number of carbonyl (C=O) groups excluding carboxylic acids is 1. The summed E-state index contributed by atoms with van der Waals surface area (Å²) in [5, 5.41) is 2.84. The Morgan fingerprint density at radius 3 is 2.68 bits per heavy atom. The van der Waals surface area contributed by atoms with Gasteiger partial charge in [-0.1, -0.05) is 53.8 Å². The summed E-state index contributed by atoms with van der Waals surface area (Å²) >= 11 is 0. The van der Waals surface area contributed by atoms with Gasteiger partial charge in [0.2, 0.25) is 0 Å². The van der Waals surface area contributed by atoms with Crippen LogP contribution in [-0.4, -0.2) is 11.7 Å². The van der Waals surface area contributed by atoms with Gasteiger partial charge in [-0.05, 0) is 43.7 Å². The zero-order valence-corrected chi connectivity index (χ0v) is 14.7. The van der Waals surface area contributed by atoms with Crippen LogP contribution in [0.25, 0.3) is 6.08 Å². The molecule has 1 aliphatic carbocycles. The molecule has 0 spiro atoms. The molecule has 1 aliphatic heterocycles. The SMILES string of the molecule is CC1=C=C=C(N=C2C/C(=C\C(C)=C\c3ccccc3)C(=O)N2)C=C1C. The molecule has 2 aliphatic rings. The maximum Gasteiger partial charge on any atom is 0.252 e. The maximum atomic E-state index is 12.2. The predicted octanol–water partition coefficient (Wildman–Crippen LogP) is 4.48. The molecule has 0 bridgehead atoms. The van der Waals surface area contributed by atoms with E-state index in [1.807, 2.05) is 63.3 Å². The van der Waals surface area contributed by atoms with Crippen molar-refractivity contribution in [1.82, 2.24) is 5.32 Å². The first kappa shape index (κ1) is 16.7. The van der Waals surface area contributed by atoms with Crippen molar-refractivity contribution in [3.8, 4) is 0 Å². The average Bonchev–Trinajstić information content (AvgIpc) is 2.91. The van der Waals surface area contributed by atoms with E-state index < -0.39 is 0 Å². The Morgan fingerprint density at radius 1 is 1.20 bits per heavy atom.